The third kappa shape index (κ3) is 3.67. The molecule has 0 fully saturated rings. The molecule has 7 heteroatoms. The largest absolute Gasteiger partial charge is 0.491 e. The highest BCUT2D eigenvalue weighted by molar-refractivity contribution is 5.96. The monoisotopic (exact) mass is 288 g/mol. The van der Waals surface area contributed by atoms with Crippen molar-refractivity contribution in [2.45, 2.75) is 13.5 Å². The maximum Gasteiger partial charge on any atom is 0.268 e. The van der Waals surface area contributed by atoms with Crippen molar-refractivity contribution in [3.63, 3.8) is 0 Å². The van der Waals surface area contributed by atoms with Gasteiger partial charge in [-0.05, 0) is 19.1 Å². The van der Waals surface area contributed by atoms with E-state index in [-0.39, 0.29) is 12.2 Å². The smallest absolute Gasteiger partial charge is 0.268 e. The van der Waals surface area contributed by atoms with Gasteiger partial charge in [-0.25, -0.2) is 10.8 Å². The fourth-order valence-corrected chi connectivity index (χ4v) is 1.80. The third-order valence-corrected chi connectivity index (χ3v) is 2.87. The summed E-state index contributed by atoms with van der Waals surface area (Å²) in [5, 5.41) is 0. The normalized spacial score (nSPS) is 10.2. The lowest BCUT2D eigenvalue weighted by Crippen LogP contribution is -2.30. The molecule has 2 aromatic rings. The Morgan fingerprint density at radius 1 is 1.43 bits per heavy atom. The highest BCUT2D eigenvalue weighted by Gasteiger charge is 2.10. The van der Waals surface area contributed by atoms with Crippen LogP contribution in [0.25, 0.3) is 0 Å². The zero-order valence-corrected chi connectivity index (χ0v) is 11.6. The van der Waals surface area contributed by atoms with E-state index < -0.39 is 5.91 Å². The lowest BCUT2D eigenvalue weighted by Gasteiger charge is -2.11. The van der Waals surface area contributed by atoms with E-state index in [1.807, 2.05) is 0 Å². The maximum absolute atomic E-state index is 11.7. The van der Waals surface area contributed by atoms with E-state index in [2.05, 4.69) is 10.4 Å². The summed E-state index contributed by atoms with van der Waals surface area (Å²) < 4.78 is 6.99. The van der Waals surface area contributed by atoms with Gasteiger partial charge in [-0.3, -0.25) is 19.6 Å². The first-order valence-electron chi connectivity index (χ1n) is 6.37. The van der Waals surface area contributed by atoms with Crippen LogP contribution in [-0.4, -0.2) is 22.1 Å². The van der Waals surface area contributed by atoms with Crippen LogP contribution >= 0.6 is 0 Å². The van der Waals surface area contributed by atoms with E-state index in [4.69, 9.17) is 10.6 Å². The minimum atomic E-state index is -0.431. The molecular formula is C14H16N4O3. The summed E-state index contributed by atoms with van der Waals surface area (Å²) in [6.45, 7) is 2.33. The molecule has 7 nitrogen and oxygen atoms in total. The molecule has 0 bridgehead atoms. The van der Waals surface area contributed by atoms with Crippen LogP contribution in [0, 0.1) is 6.92 Å². The Labute approximate surface area is 121 Å². The van der Waals surface area contributed by atoms with E-state index in [0.717, 1.165) is 0 Å². The number of para-hydroxylation sites is 1. The average molecular weight is 288 g/mol. The molecule has 0 aliphatic heterocycles. The van der Waals surface area contributed by atoms with E-state index in [1.54, 1.807) is 31.2 Å². The van der Waals surface area contributed by atoms with Gasteiger partial charge in [-0.1, -0.05) is 12.1 Å². The number of benzene rings is 1. The molecule has 21 heavy (non-hydrogen) atoms. The van der Waals surface area contributed by atoms with Crippen molar-refractivity contribution in [1.82, 2.24) is 15.0 Å². The Morgan fingerprint density at radius 2 is 2.19 bits per heavy atom. The molecule has 1 heterocycles. The summed E-state index contributed by atoms with van der Waals surface area (Å²) in [6, 6.07) is 8.20. The molecule has 0 atom stereocenters. The highest BCUT2D eigenvalue weighted by atomic mass is 16.5. The van der Waals surface area contributed by atoms with Gasteiger partial charge in [0.2, 0.25) is 0 Å². The summed E-state index contributed by atoms with van der Waals surface area (Å²) in [4.78, 5) is 27.3. The van der Waals surface area contributed by atoms with Crippen LogP contribution in [0.1, 0.15) is 16.1 Å². The lowest BCUT2D eigenvalue weighted by molar-refractivity contribution is 0.0949. The number of hydrazine groups is 1. The first kappa shape index (κ1) is 14.7. The van der Waals surface area contributed by atoms with Crippen LogP contribution in [-0.2, 0) is 6.54 Å². The number of ether oxygens (including phenoxy) is 1. The second kappa shape index (κ2) is 6.67. The zero-order chi connectivity index (χ0) is 15.2. The highest BCUT2D eigenvalue weighted by Crippen LogP contribution is 2.17. The van der Waals surface area contributed by atoms with E-state index in [1.165, 1.54) is 17.0 Å². The minimum absolute atomic E-state index is 0.140. The Hall–Kier alpha value is -2.67. The third-order valence-electron chi connectivity index (χ3n) is 2.87. The number of aryl methyl sites for hydroxylation is 1. The van der Waals surface area contributed by atoms with Crippen molar-refractivity contribution < 1.29 is 9.53 Å². The van der Waals surface area contributed by atoms with Crippen molar-refractivity contribution in [2.75, 3.05) is 6.61 Å². The van der Waals surface area contributed by atoms with Crippen molar-refractivity contribution in [3.05, 3.63) is 58.3 Å². The van der Waals surface area contributed by atoms with Crippen LogP contribution in [0.5, 0.6) is 5.75 Å². The number of carbonyl (C=O) groups is 1. The van der Waals surface area contributed by atoms with E-state index in [0.29, 0.717) is 23.6 Å². The van der Waals surface area contributed by atoms with Gasteiger partial charge >= 0.3 is 0 Å². The summed E-state index contributed by atoms with van der Waals surface area (Å²) in [5.74, 6) is 5.10. The first-order valence-corrected chi connectivity index (χ1v) is 6.37. The second-order valence-corrected chi connectivity index (χ2v) is 4.38. The predicted molar refractivity (Wildman–Crippen MR) is 76.8 cm³/mol. The summed E-state index contributed by atoms with van der Waals surface area (Å²) in [7, 11) is 0. The van der Waals surface area contributed by atoms with Crippen LogP contribution in [0.15, 0.2) is 41.5 Å². The van der Waals surface area contributed by atoms with Gasteiger partial charge in [-0.15, -0.1) is 0 Å². The summed E-state index contributed by atoms with van der Waals surface area (Å²) in [5.41, 5.74) is 2.93. The molecule has 0 aliphatic rings. The van der Waals surface area contributed by atoms with Crippen molar-refractivity contribution in [3.8, 4) is 5.75 Å². The molecule has 0 spiro atoms. The number of hydrogen-bond acceptors (Lipinski definition) is 5. The van der Waals surface area contributed by atoms with Gasteiger partial charge in [0.1, 0.15) is 12.4 Å². The van der Waals surface area contributed by atoms with Gasteiger partial charge in [0.25, 0.3) is 11.5 Å². The first-order chi connectivity index (χ1) is 10.1. The fourth-order valence-electron chi connectivity index (χ4n) is 1.80. The number of carbonyl (C=O) groups excluding carboxylic acids is 1. The summed E-state index contributed by atoms with van der Waals surface area (Å²) in [6.07, 6.45) is 1.47. The molecule has 0 aliphatic carbocycles. The topological polar surface area (TPSA) is 99.2 Å². The number of nitrogens with two attached hydrogens (primary N) is 1. The minimum Gasteiger partial charge on any atom is -0.491 e. The van der Waals surface area contributed by atoms with Crippen LogP contribution in [0.4, 0.5) is 0 Å². The average Bonchev–Trinajstić information content (AvgIpc) is 2.49. The van der Waals surface area contributed by atoms with Gasteiger partial charge in [0.05, 0.1) is 18.4 Å². The molecule has 0 saturated carbocycles. The van der Waals surface area contributed by atoms with E-state index in [9.17, 15) is 9.59 Å². The Balaban J connectivity index is 2.04. The maximum atomic E-state index is 11.7. The lowest BCUT2D eigenvalue weighted by atomic mass is 10.2. The number of amides is 1. The number of nitrogens with one attached hydrogen (secondary N) is 1. The van der Waals surface area contributed by atoms with Crippen molar-refractivity contribution in [2.24, 2.45) is 5.84 Å². The molecule has 3 N–H and O–H groups in total. The summed E-state index contributed by atoms with van der Waals surface area (Å²) >= 11 is 0. The fraction of sp³-hybridized carbons (Fsp3) is 0.214. The van der Waals surface area contributed by atoms with Crippen molar-refractivity contribution in [1.29, 1.82) is 0 Å². The molecule has 0 radical (unpaired) electrons. The molecule has 0 saturated heterocycles. The number of nitrogen functional groups attached to an aromatic ring is 1. The Morgan fingerprint density at radius 3 is 2.90 bits per heavy atom. The second-order valence-electron chi connectivity index (χ2n) is 4.38. The van der Waals surface area contributed by atoms with Gasteiger partial charge < -0.3 is 4.74 Å². The number of aromatic nitrogens is 2. The standard InChI is InChI=1S/C14H16N4O3/c1-10-8-13(19)18(9-16-10)6-7-21-12-5-3-2-4-11(12)14(20)17-15/h2-5,8-9H,6-7,15H2,1H3,(H,17,20). The molecule has 1 aromatic heterocycles. The van der Waals surface area contributed by atoms with Crippen LogP contribution in [0.2, 0.25) is 0 Å². The van der Waals surface area contributed by atoms with Crippen LogP contribution in [0.3, 0.4) is 0 Å². The van der Waals surface area contributed by atoms with Crippen molar-refractivity contribution >= 4 is 5.91 Å². The molecule has 1 amide bonds. The molecule has 1 aromatic carbocycles. The molecule has 2 rings (SSSR count). The predicted octanol–water partition coefficient (Wildman–Crippen LogP) is 0.234. The van der Waals surface area contributed by atoms with Gasteiger partial charge in [0.15, 0.2) is 0 Å². The van der Waals surface area contributed by atoms with Gasteiger partial charge in [-0.2, -0.15) is 0 Å². The SMILES string of the molecule is Cc1cc(=O)n(CCOc2ccccc2C(=O)NN)cn1. The number of nitrogens with zero attached hydrogens (tertiary/aromatic N) is 2. The van der Waals surface area contributed by atoms with E-state index >= 15 is 0 Å². The Kier molecular flexibility index (Phi) is 4.68. The Bertz CT molecular complexity index is 697. The number of hydrogen-bond donors (Lipinski definition) is 2. The molecule has 110 valence electrons. The van der Waals surface area contributed by atoms with Crippen LogP contribution < -0.4 is 21.6 Å². The molecule has 0 unspecified atom stereocenters. The zero-order valence-electron chi connectivity index (χ0n) is 11.6. The van der Waals surface area contributed by atoms with Gasteiger partial charge in [0, 0.05) is 11.8 Å². The quantitative estimate of drug-likeness (QED) is 0.466. The number of rotatable bonds is 5. The molecular weight excluding hydrogens is 272 g/mol.